The lowest BCUT2D eigenvalue weighted by atomic mass is 9.97. The molecule has 0 aliphatic rings. The Bertz CT molecular complexity index is 626. The minimum Gasteiger partial charge on any atom is -0.481 e. The fourth-order valence-corrected chi connectivity index (χ4v) is 2.61. The van der Waals surface area contributed by atoms with Crippen LogP contribution in [0.5, 0.6) is 0 Å². The van der Waals surface area contributed by atoms with Crippen LogP contribution in [0.4, 0.5) is 0 Å². The van der Waals surface area contributed by atoms with Gasteiger partial charge in [-0.15, -0.1) is 0 Å². The Hall–Kier alpha value is -2.20. The molecule has 0 amide bonds. The van der Waals surface area contributed by atoms with Crippen molar-refractivity contribution in [3.05, 3.63) is 54.2 Å². The highest BCUT2D eigenvalue weighted by Crippen LogP contribution is 2.18. The van der Waals surface area contributed by atoms with Gasteiger partial charge in [-0.3, -0.25) is 9.78 Å². The van der Waals surface area contributed by atoms with E-state index in [1.165, 1.54) is 0 Å². The summed E-state index contributed by atoms with van der Waals surface area (Å²) >= 11 is 0. The fraction of sp³-hybridized carbons (Fsp3) is 0.368. The molecule has 0 saturated heterocycles. The number of rotatable bonds is 8. The lowest BCUT2D eigenvalue weighted by Crippen LogP contribution is -2.29. The third-order valence-corrected chi connectivity index (χ3v) is 3.71. The first kappa shape index (κ1) is 17.2. The van der Waals surface area contributed by atoms with Gasteiger partial charge in [0.05, 0.1) is 11.6 Å². The van der Waals surface area contributed by atoms with Crippen LogP contribution in [0.3, 0.4) is 0 Å². The van der Waals surface area contributed by atoms with E-state index in [0.29, 0.717) is 25.4 Å². The molecule has 1 aromatic carbocycles. The van der Waals surface area contributed by atoms with Crippen molar-refractivity contribution in [2.75, 3.05) is 6.54 Å². The van der Waals surface area contributed by atoms with Crippen molar-refractivity contribution in [2.24, 2.45) is 11.8 Å². The lowest BCUT2D eigenvalue weighted by Gasteiger charge is -2.15. The summed E-state index contributed by atoms with van der Waals surface area (Å²) in [4.78, 5) is 15.6. The highest BCUT2D eigenvalue weighted by Gasteiger charge is 2.18. The largest absolute Gasteiger partial charge is 0.481 e. The topological polar surface area (TPSA) is 62.2 Å². The Kier molecular flexibility index (Phi) is 6.29. The minimum absolute atomic E-state index is 0.339. The molecular formula is C19H24N2O2. The first-order valence-electron chi connectivity index (χ1n) is 8.00. The van der Waals surface area contributed by atoms with Crippen LogP contribution >= 0.6 is 0 Å². The van der Waals surface area contributed by atoms with Gasteiger partial charge in [0.15, 0.2) is 0 Å². The number of pyridine rings is 1. The SMILES string of the molecule is CC(C)CC(CNCc1cccc(-c2ccccn2)c1)C(=O)O. The van der Waals surface area contributed by atoms with Gasteiger partial charge >= 0.3 is 5.97 Å². The minimum atomic E-state index is -0.728. The molecule has 1 heterocycles. The van der Waals surface area contributed by atoms with E-state index in [2.05, 4.69) is 16.4 Å². The molecule has 0 fully saturated rings. The smallest absolute Gasteiger partial charge is 0.307 e. The second kappa shape index (κ2) is 8.44. The maximum absolute atomic E-state index is 11.3. The van der Waals surface area contributed by atoms with Crippen LogP contribution in [0.2, 0.25) is 0 Å². The summed E-state index contributed by atoms with van der Waals surface area (Å²) in [5, 5.41) is 12.5. The van der Waals surface area contributed by atoms with Gasteiger partial charge in [0.2, 0.25) is 0 Å². The summed E-state index contributed by atoms with van der Waals surface area (Å²) in [6.07, 6.45) is 2.47. The number of hydrogen-bond donors (Lipinski definition) is 2. The molecule has 122 valence electrons. The van der Waals surface area contributed by atoms with Gasteiger partial charge in [0.25, 0.3) is 0 Å². The van der Waals surface area contributed by atoms with E-state index in [1.807, 2.05) is 50.2 Å². The van der Waals surface area contributed by atoms with Gasteiger partial charge in [0, 0.05) is 24.8 Å². The zero-order valence-corrected chi connectivity index (χ0v) is 13.7. The van der Waals surface area contributed by atoms with Crippen molar-refractivity contribution in [3.8, 4) is 11.3 Å². The number of carbonyl (C=O) groups is 1. The zero-order valence-electron chi connectivity index (χ0n) is 13.7. The number of benzene rings is 1. The van der Waals surface area contributed by atoms with Gasteiger partial charge in [-0.25, -0.2) is 0 Å². The first-order chi connectivity index (χ1) is 11.1. The van der Waals surface area contributed by atoms with Gasteiger partial charge in [-0.2, -0.15) is 0 Å². The summed E-state index contributed by atoms with van der Waals surface area (Å²) < 4.78 is 0. The molecule has 1 aromatic heterocycles. The average Bonchev–Trinajstić information content (AvgIpc) is 2.54. The Balaban J connectivity index is 1.95. The van der Waals surface area contributed by atoms with E-state index in [0.717, 1.165) is 16.8 Å². The molecule has 0 radical (unpaired) electrons. The summed E-state index contributed by atoms with van der Waals surface area (Å²) in [7, 11) is 0. The fourth-order valence-electron chi connectivity index (χ4n) is 2.61. The molecule has 1 atom stereocenters. The number of carboxylic acids is 1. The van der Waals surface area contributed by atoms with Gasteiger partial charge < -0.3 is 10.4 Å². The molecule has 4 heteroatoms. The van der Waals surface area contributed by atoms with Crippen LogP contribution in [-0.4, -0.2) is 22.6 Å². The van der Waals surface area contributed by atoms with Crippen molar-refractivity contribution in [2.45, 2.75) is 26.8 Å². The standard InChI is InChI=1S/C19H24N2O2/c1-14(2)10-17(19(22)23)13-20-12-15-6-5-7-16(11-15)18-8-3-4-9-21-18/h3-9,11,14,17,20H,10,12-13H2,1-2H3,(H,22,23). The summed E-state index contributed by atoms with van der Waals surface area (Å²) in [6.45, 7) is 5.24. The Morgan fingerprint density at radius 3 is 2.70 bits per heavy atom. The van der Waals surface area contributed by atoms with E-state index >= 15 is 0 Å². The van der Waals surface area contributed by atoms with E-state index in [1.54, 1.807) is 6.20 Å². The highest BCUT2D eigenvalue weighted by molar-refractivity contribution is 5.70. The molecule has 0 aliphatic heterocycles. The zero-order chi connectivity index (χ0) is 16.7. The Labute approximate surface area is 137 Å². The van der Waals surface area contributed by atoms with Crippen LogP contribution in [0, 0.1) is 11.8 Å². The molecule has 0 saturated carbocycles. The van der Waals surface area contributed by atoms with Crippen molar-refractivity contribution < 1.29 is 9.90 Å². The number of nitrogens with zero attached hydrogens (tertiary/aromatic N) is 1. The molecule has 2 rings (SSSR count). The van der Waals surface area contributed by atoms with Gasteiger partial charge in [-0.1, -0.05) is 38.1 Å². The summed E-state index contributed by atoms with van der Waals surface area (Å²) in [5.41, 5.74) is 3.14. The first-order valence-corrected chi connectivity index (χ1v) is 8.00. The van der Waals surface area contributed by atoms with E-state index in [-0.39, 0.29) is 5.92 Å². The van der Waals surface area contributed by atoms with Gasteiger partial charge in [-0.05, 0) is 36.1 Å². The average molecular weight is 312 g/mol. The summed E-state index contributed by atoms with van der Waals surface area (Å²) in [6, 6.07) is 14.0. The number of carboxylic acid groups (broad SMARTS) is 1. The second-order valence-electron chi connectivity index (χ2n) is 6.21. The quantitative estimate of drug-likeness (QED) is 0.782. The molecule has 2 N–H and O–H groups in total. The highest BCUT2D eigenvalue weighted by atomic mass is 16.4. The van der Waals surface area contributed by atoms with E-state index in [4.69, 9.17) is 0 Å². The molecule has 0 bridgehead atoms. The monoisotopic (exact) mass is 312 g/mol. The predicted molar refractivity (Wildman–Crippen MR) is 92.0 cm³/mol. The molecule has 0 aliphatic carbocycles. The third-order valence-electron chi connectivity index (χ3n) is 3.71. The van der Waals surface area contributed by atoms with Crippen LogP contribution in [-0.2, 0) is 11.3 Å². The van der Waals surface area contributed by atoms with Crippen molar-refractivity contribution in [1.82, 2.24) is 10.3 Å². The van der Waals surface area contributed by atoms with E-state index in [9.17, 15) is 9.90 Å². The molecule has 4 nitrogen and oxygen atoms in total. The maximum Gasteiger partial charge on any atom is 0.307 e. The second-order valence-corrected chi connectivity index (χ2v) is 6.21. The van der Waals surface area contributed by atoms with E-state index < -0.39 is 5.97 Å². The number of hydrogen-bond acceptors (Lipinski definition) is 3. The van der Waals surface area contributed by atoms with Gasteiger partial charge in [0.1, 0.15) is 0 Å². The lowest BCUT2D eigenvalue weighted by molar-refractivity contribution is -0.142. The van der Waals surface area contributed by atoms with Crippen LogP contribution in [0.25, 0.3) is 11.3 Å². The molecule has 2 aromatic rings. The third kappa shape index (κ3) is 5.49. The molecule has 23 heavy (non-hydrogen) atoms. The van der Waals surface area contributed by atoms with Crippen LogP contribution in [0.15, 0.2) is 48.7 Å². The summed E-state index contributed by atoms with van der Waals surface area (Å²) in [5.74, 6) is -0.687. The molecular weight excluding hydrogens is 288 g/mol. The number of aromatic nitrogens is 1. The van der Waals surface area contributed by atoms with Crippen molar-refractivity contribution >= 4 is 5.97 Å². The Morgan fingerprint density at radius 2 is 2.04 bits per heavy atom. The maximum atomic E-state index is 11.3. The number of aliphatic carboxylic acids is 1. The van der Waals surface area contributed by atoms with Crippen LogP contribution < -0.4 is 5.32 Å². The van der Waals surface area contributed by atoms with Crippen LogP contribution in [0.1, 0.15) is 25.8 Å². The molecule has 0 spiro atoms. The Morgan fingerprint density at radius 1 is 1.22 bits per heavy atom. The van der Waals surface area contributed by atoms with Crippen molar-refractivity contribution in [1.29, 1.82) is 0 Å². The predicted octanol–water partition coefficient (Wildman–Crippen LogP) is 3.59. The normalized spacial score (nSPS) is 12.3. The van der Waals surface area contributed by atoms with Crippen molar-refractivity contribution in [3.63, 3.8) is 0 Å². The molecule has 1 unspecified atom stereocenters. The number of nitrogens with one attached hydrogen (secondary N) is 1.